The molecule has 0 spiro atoms. The molecule has 1 fully saturated rings. The van der Waals surface area contributed by atoms with E-state index in [2.05, 4.69) is 12.2 Å². The van der Waals surface area contributed by atoms with Gasteiger partial charge in [0.05, 0.1) is 27.3 Å². The van der Waals surface area contributed by atoms with Crippen molar-refractivity contribution in [1.82, 2.24) is 5.32 Å². The Balaban J connectivity index is 2.07. The molecule has 1 heterocycles. The highest BCUT2D eigenvalue weighted by molar-refractivity contribution is 7.85. The van der Waals surface area contributed by atoms with Crippen LogP contribution in [0.15, 0.2) is 23.1 Å². The zero-order chi connectivity index (χ0) is 15.2. The van der Waals surface area contributed by atoms with Gasteiger partial charge in [-0.2, -0.15) is 0 Å². The minimum absolute atomic E-state index is 0.184. The van der Waals surface area contributed by atoms with Gasteiger partial charge in [-0.25, -0.2) is 0 Å². The molecule has 1 N–H and O–H groups in total. The van der Waals surface area contributed by atoms with Crippen molar-refractivity contribution in [3.05, 3.63) is 28.2 Å². The van der Waals surface area contributed by atoms with E-state index in [1.807, 2.05) is 0 Å². The van der Waals surface area contributed by atoms with Gasteiger partial charge in [0.15, 0.2) is 0 Å². The van der Waals surface area contributed by atoms with Gasteiger partial charge >= 0.3 is 0 Å². The Hall–Kier alpha value is -0.130. The largest absolute Gasteiger partial charge is 0.381 e. The van der Waals surface area contributed by atoms with Crippen LogP contribution in [0.2, 0.25) is 10.0 Å². The average Bonchev–Trinajstić information content (AvgIpc) is 3.00. The fraction of sp³-hybridized carbons (Fsp3) is 0.600. The third-order valence-corrected chi connectivity index (χ3v) is 5.83. The smallest absolute Gasteiger partial charge is 0.0589 e. The topological polar surface area (TPSA) is 38.3 Å². The highest BCUT2D eigenvalue weighted by atomic mass is 35.5. The van der Waals surface area contributed by atoms with Crippen molar-refractivity contribution < 1.29 is 8.95 Å². The van der Waals surface area contributed by atoms with Crippen LogP contribution in [-0.4, -0.2) is 35.8 Å². The Morgan fingerprint density at radius 3 is 2.95 bits per heavy atom. The SMILES string of the molecule is CCCNC(CS(=O)c1cc(Cl)ccc1Cl)C1CCOC1. The first kappa shape index (κ1) is 17.2. The Bertz CT molecular complexity index is 493. The highest BCUT2D eigenvalue weighted by Gasteiger charge is 2.27. The van der Waals surface area contributed by atoms with E-state index in [0.29, 0.717) is 26.6 Å². The van der Waals surface area contributed by atoms with Gasteiger partial charge in [-0.1, -0.05) is 30.1 Å². The number of nitrogens with one attached hydrogen (secondary N) is 1. The number of benzene rings is 1. The molecule has 1 aromatic rings. The summed E-state index contributed by atoms with van der Waals surface area (Å²) in [6.07, 6.45) is 2.07. The molecule has 3 nitrogen and oxygen atoms in total. The molecule has 3 unspecified atom stereocenters. The molecule has 0 aromatic heterocycles. The van der Waals surface area contributed by atoms with Crippen LogP contribution in [0.3, 0.4) is 0 Å². The van der Waals surface area contributed by atoms with E-state index < -0.39 is 10.8 Å². The van der Waals surface area contributed by atoms with Gasteiger partial charge in [-0.15, -0.1) is 0 Å². The lowest BCUT2D eigenvalue weighted by molar-refractivity contribution is 0.179. The lowest BCUT2D eigenvalue weighted by Gasteiger charge is -2.23. The minimum atomic E-state index is -1.17. The average molecular weight is 350 g/mol. The molecule has 1 aromatic carbocycles. The number of rotatable bonds is 7. The molecule has 0 aliphatic carbocycles. The number of ether oxygens (including phenoxy) is 1. The first-order valence-electron chi connectivity index (χ1n) is 7.26. The van der Waals surface area contributed by atoms with E-state index in [1.54, 1.807) is 18.2 Å². The minimum Gasteiger partial charge on any atom is -0.381 e. The van der Waals surface area contributed by atoms with E-state index in [0.717, 1.165) is 32.6 Å². The van der Waals surface area contributed by atoms with Crippen molar-refractivity contribution in [1.29, 1.82) is 0 Å². The van der Waals surface area contributed by atoms with E-state index in [9.17, 15) is 4.21 Å². The molecule has 118 valence electrons. The van der Waals surface area contributed by atoms with E-state index >= 15 is 0 Å². The summed E-state index contributed by atoms with van der Waals surface area (Å²) in [5, 5.41) is 4.57. The molecule has 3 atom stereocenters. The first-order chi connectivity index (χ1) is 10.1. The summed E-state index contributed by atoms with van der Waals surface area (Å²) in [4.78, 5) is 0.617. The van der Waals surface area contributed by atoms with Crippen molar-refractivity contribution in [2.24, 2.45) is 5.92 Å². The van der Waals surface area contributed by atoms with Crippen LogP contribution in [0.5, 0.6) is 0 Å². The van der Waals surface area contributed by atoms with Crippen molar-refractivity contribution in [2.45, 2.75) is 30.7 Å². The van der Waals surface area contributed by atoms with Gasteiger partial charge in [-0.3, -0.25) is 4.21 Å². The molecule has 1 saturated heterocycles. The summed E-state index contributed by atoms with van der Waals surface area (Å²) in [6.45, 7) is 4.57. The summed E-state index contributed by atoms with van der Waals surface area (Å²) in [5.74, 6) is 0.951. The lowest BCUT2D eigenvalue weighted by atomic mass is 10.0. The fourth-order valence-electron chi connectivity index (χ4n) is 2.47. The van der Waals surface area contributed by atoms with Crippen LogP contribution in [0.4, 0.5) is 0 Å². The van der Waals surface area contributed by atoms with Crippen molar-refractivity contribution >= 4 is 34.0 Å². The highest BCUT2D eigenvalue weighted by Crippen LogP contribution is 2.26. The second-order valence-corrected chi connectivity index (χ2v) is 7.58. The van der Waals surface area contributed by atoms with Gasteiger partial charge in [0.25, 0.3) is 0 Å². The molecular formula is C15H21Cl2NO2S. The van der Waals surface area contributed by atoms with Crippen LogP contribution in [0, 0.1) is 5.92 Å². The summed E-state index contributed by atoms with van der Waals surface area (Å²) in [5.41, 5.74) is 0. The van der Waals surface area contributed by atoms with Crippen LogP contribution >= 0.6 is 23.2 Å². The molecule has 1 aliphatic rings. The molecule has 0 bridgehead atoms. The Kier molecular flexibility index (Phi) is 6.96. The maximum atomic E-state index is 12.6. The summed E-state index contributed by atoms with van der Waals surface area (Å²) in [6, 6.07) is 5.29. The first-order valence-corrected chi connectivity index (χ1v) is 9.34. The Morgan fingerprint density at radius 1 is 1.48 bits per heavy atom. The van der Waals surface area contributed by atoms with E-state index in [4.69, 9.17) is 27.9 Å². The third kappa shape index (κ3) is 4.93. The molecule has 0 amide bonds. The molecule has 6 heteroatoms. The maximum absolute atomic E-state index is 12.6. The fourth-order valence-corrected chi connectivity index (χ4v) is 4.52. The number of hydrogen-bond donors (Lipinski definition) is 1. The van der Waals surface area contributed by atoms with Crippen LogP contribution in [-0.2, 0) is 15.5 Å². The van der Waals surface area contributed by atoms with Gasteiger partial charge in [-0.05, 0) is 37.6 Å². The predicted octanol–water partition coefficient (Wildman–Crippen LogP) is 3.51. The number of halogens is 2. The summed E-state index contributed by atoms with van der Waals surface area (Å²) >= 11 is 12.1. The lowest BCUT2D eigenvalue weighted by Crippen LogP contribution is -2.41. The summed E-state index contributed by atoms with van der Waals surface area (Å²) < 4.78 is 18.1. The maximum Gasteiger partial charge on any atom is 0.0589 e. The zero-order valence-electron chi connectivity index (χ0n) is 12.1. The Labute approximate surface area is 138 Å². The summed E-state index contributed by atoms with van der Waals surface area (Å²) in [7, 11) is -1.17. The standard InChI is InChI=1S/C15H21Cl2NO2S/c1-2-6-18-14(11-5-7-20-9-11)10-21(19)15-8-12(16)3-4-13(15)17/h3-4,8,11,14,18H,2,5-7,9-10H2,1H3. The molecule has 21 heavy (non-hydrogen) atoms. The molecule has 0 radical (unpaired) electrons. The second kappa shape index (κ2) is 8.49. The zero-order valence-corrected chi connectivity index (χ0v) is 14.4. The predicted molar refractivity (Wildman–Crippen MR) is 88.7 cm³/mol. The second-order valence-electron chi connectivity index (χ2n) is 5.27. The van der Waals surface area contributed by atoms with Crippen LogP contribution < -0.4 is 5.32 Å². The monoisotopic (exact) mass is 349 g/mol. The van der Waals surface area contributed by atoms with Crippen LogP contribution in [0.1, 0.15) is 19.8 Å². The van der Waals surface area contributed by atoms with Gasteiger partial charge < -0.3 is 10.1 Å². The van der Waals surface area contributed by atoms with Gasteiger partial charge in [0.1, 0.15) is 0 Å². The number of hydrogen-bond acceptors (Lipinski definition) is 3. The molecule has 1 aliphatic heterocycles. The normalized spacial score (nSPS) is 21.4. The third-order valence-electron chi connectivity index (χ3n) is 3.66. The van der Waals surface area contributed by atoms with Crippen molar-refractivity contribution in [3.8, 4) is 0 Å². The van der Waals surface area contributed by atoms with Crippen LogP contribution in [0.25, 0.3) is 0 Å². The van der Waals surface area contributed by atoms with Crippen molar-refractivity contribution in [3.63, 3.8) is 0 Å². The van der Waals surface area contributed by atoms with Gasteiger partial charge in [0, 0.05) is 29.3 Å². The van der Waals surface area contributed by atoms with E-state index in [1.165, 1.54) is 0 Å². The van der Waals surface area contributed by atoms with Crippen molar-refractivity contribution in [2.75, 3.05) is 25.5 Å². The van der Waals surface area contributed by atoms with E-state index in [-0.39, 0.29) is 6.04 Å². The quantitative estimate of drug-likeness (QED) is 0.818. The van der Waals surface area contributed by atoms with Gasteiger partial charge in [0.2, 0.25) is 0 Å². The Morgan fingerprint density at radius 2 is 2.29 bits per heavy atom. The molecule has 0 saturated carbocycles. The molecule has 2 rings (SSSR count). The molecular weight excluding hydrogens is 329 g/mol.